The fourth-order valence-corrected chi connectivity index (χ4v) is 1.53. The molecule has 4 heteroatoms. The van der Waals surface area contributed by atoms with Gasteiger partial charge in [-0.05, 0) is 24.6 Å². The minimum atomic E-state index is -0.188. The highest BCUT2D eigenvalue weighted by Gasteiger charge is 2.18. The molecule has 0 fully saturated rings. The lowest BCUT2D eigenvalue weighted by molar-refractivity contribution is -0.116. The van der Waals surface area contributed by atoms with Crippen molar-refractivity contribution < 1.29 is 4.79 Å². The van der Waals surface area contributed by atoms with Gasteiger partial charge in [0, 0.05) is 5.02 Å². The summed E-state index contributed by atoms with van der Waals surface area (Å²) in [5.74, 6) is -0.188. The lowest BCUT2D eigenvalue weighted by atomic mass is 10.1. The molecule has 1 aromatic carbocycles. The first-order valence-electron chi connectivity index (χ1n) is 4.50. The Kier molecular flexibility index (Phi) is 2.56. The van der Waals surface area contributed by atoms with E-state index in [-0.39, 0.29) is 5.91 Å². The van der Waals surface area contributed by atoms with Crippen LogP contribution < -0.4 is 5.43 Å². The van der Waals surface area contributed by atoms with E-state index in [0.29, 0.717) is 16.3 Å². The van der Waals surface area contributed by atoms with Crippen molar-refractivity contribution in [1.29, 1.82) is 0 Å². The third-order valence-corrected chi connectivity index (χ3v) is 2.51. The van der Waals surface area contributed by atoms with E-state index >= 15 is 0 Å². The minimum Gasteiger partial charge on any atom is -0.267 e. The summed E-state index contributed by atoms with van der Waals surface area (Å²) in [5, 5.41) is 4.45. The number of carbonyl (C=O) groups is 1. The van der Waals surface area contributed by atoms with Crippen molar-refractivity contribution in [3.8, 4) is 0 Å². The van der Waals surface area contributed by atoms with Crippen LogP contribution in [0, 0.1) is 0 Å². The number of hydrogen-bond acceptors (Lipinski definition) is 2. The van der Waals surface area contributed by atoms with Crippen LogP contribution in [0.3, 0.4) is 0 Å². The summed E-state index contributed by atoms with van der Waals surface area (Å²) < 4.78 is 0. The molecule has 0 aliphatic carbocycles. The van der Waals surface area contributed by atoms with Crippen LogP contribution in [0.15, 0.2) is 34.9 Å². The molecule has 1 aliphatic heterocycles. The first kappa shape index (κ1) is 9.93. The number of hydrazone groups is 1. The van der Waals surface area contributed by atoms with Crippen LogP contribution in [0.5, 0.6) is 0 Å². The van der Waals surface area contributed by atoms with E-state index in [1.54, 1.807) is 19.1 Å². The highest BCUT2D eigenvalue weighted by atomic mass is 35.5. The molecule has 0 bridgehead atoms. The monoisotopic (exact) mass is 220 g/mol. The van der Waals surface area contributed by atoms with Gasteiger partial charge in [-0.25, -0.2) is 5.43 Å². The number of nitrogens with one attached hydrogen (secondary N) is 1. The maximum atomic E-state index is 11.4. The SMILES string of the molecule is CC1=NNC(=O)/C1=C/c1ccccc1Cl. The highest BCUT2D eigenvalue weighted by molar-refractivity contribution is 6.33. The quantitative estimate of drug-likeness (QED) is 0.725. The van der Waals surface area contributed by atoms with E-state index < -0.39 is 0 Å². The molecule has 0 unspecified atom stereocenters. The second kappa shape index (κ2) is 3.87. The van der Waals surface area contributed by atoms with Crippen molar-refractivity contribution in [1.82, 2.24) is 5.43 Å². The predicted molar refractivity (Wildman–Crippen MR) is 60.7 cm³/mol. The van der Waals surface area contributed by atoms with Crippen molar-refractivity contribution in [2.75, 3.05) is 0 Å². The molecular formula is C11H9ClN2O. The number of amides is 1. The van der Waals surface area contributed by atoms with E-state index in [1.165, 1.54) is 0 Å². The Balaban J connectivity index is 2.43. The predicted octanol–water partition coefficient (Wildman–Crippen LogP) is 2.23. The van der Waals surface area contributed by atoms with Crippen molar-refractivity contribution in [3.63, 3.8) is 0 Å². The first-order valence-corrected chi connectivity index (χ1v) is 4.87. The van der Waals surface area contributed by atoms with Crippen LogP contribution in [0.4, 0.5) is 0 Å². The molecular weight excluding hydrogens is 212 g/mol. The van der Waals surface area contributed by atoms with E-state index in [1.807, 2.05) is 18.2 Å². The molecule has 76 valence electrons. The highest BCUT2D eigenvalue weighted by Crippen LogP contribution is 2.19. The maximum absolute atomic E-state index is 11.4. The summed E-state index contributed by atoms with van der Waals surface area (Å²) in [5.41, 5.74) is 4.46. The Morgan fingerprint density at radius 2 is 2.13 bits per heavy atom. The number of nitrogens with zero attached hydrogens (tertiary/aromatic N) is 1. The molecule has 3 nitrogen and oxygen atoms in total. The van der Waals surface area contributed by atoms with Crippen LogP contribution in [0.1, 0.15) is 12.5 Å². The van der Waals surface area contributed by atoms with Gasteiger partial charge in [0.15, 0.2) is 0 Å². The van der Waals surface area contributed by atoms with Gasteiger partial charge in [-0.2, -0.15) is 5.10 Å². The van der Waals surface area contributed by atoms with E-state index in [2.05, 4.69) is 10.5 Å². The summed E-state index contributed by atoms with van der Waals surface area (Å²) in [6.45, 7) is 1.78. The van der Waals surface area contributed by atoms with Gasteiger partial charge >= 0.3 is 0 Å². The van der Waals surface area contributed by atoms with Gasteiger partial charge in [-0.1, -0.05) is 29.8 Å². The smallest absolute Gasteiger partial charge is 0.267 e. The van der Waals surface area contributed by atoms with Gasteiger partial charge in [0.1, 0.15) is 0 Å². The standard InChI is InChI=1S/C11H9ClN2O/c1-7-9(11(15)14-13-7)6-8-4-2-3-5-10(8)12/h2-6H,1H3,(H,14,15)/b9-6+. The maximum Gasteiger partial charge on any atom is 0.273 e. The van der Waals surface area contributed by atoms with Crippen LogP contribution in [-0.2, 0) is 4.79 Å². The first-order chi connectivity index (χ1) is 7.18. The average molecular weight is 221 g/mol. The number of hydrogen-bond donors (Lipinski definition) is 1. The topological polar surface area (TPSA) is 41.5 Å². The molecule has 1 aliphatic rings. The summed E-state index contributed by atoms with van der Waals surface area (Å²) in [7, 11) is 0. The molecule has 15 heavy (non-hydrogen) atoms. The summed E-state index contributed by atoms with van der Waals surface area (Å²) in [6.07, 6.45) is 1.74. The van der Waals surface area contributed by atoms with Crippen LogP contribution >= 0.6 is 11.6 Å². The number of rotatable bonds is 1. The lowest BCUT2D eigenvalue weighted by Crippen LogP contribution is -2.12. The Morgan fingerprint density at radius 3 is 2.73 bits per heavy atom. The second-order valence-corrected chi connectivity index (χ2v) is 3.62. The zero-order chi connectivity index (χ0) is 10.8. The Morgan fingerprint density at radius 1 is 1.40 bits per heavy atom. The number of benzene rings is 1. The van der Waals surface area contributed by atoms with Gasteiger partial charge in [0.05, 0.1) is 11.3 Å². The van der Waals surface area contributed by atoms with Crippen molar-refractivity contribution >= 4 is 29.3 Å². The Hall–Kier alpha value is -1.61. The summed E-state index contributed by atoms with van der Waals surface area (Å²) >= 11 is 5.98. The molecule has 2 rings (SSSR count). The second-order valence-electron chi connectivity index (χ2n) is 3.22. The molecule has 1 N–H and O–H groups in total. The molecule has 0 atom stereocenters. The third kappa shape index (κ3) is 1.92. The van der Waals surface area contributed by atoms with Crippen LogP contribution in [0.25, 0.3) is 6.08 Å². The molecule has 0 spiro atoms. The minimum absolute atomic E-state index is 0.188. The van der Waals surface area contributed by atoms with Gasteiger partial charge in [0.2, 0.25) is 0 Å². The molecule has 1 aromatic rings. The zero-order valence-electron chi connectivity index (χ0n) is 8.12. The number of carbonyl (C=O) groups excluding carboxylic acids is 1. The molecule has 0 saturated heterocycles. The number of halogens is 1. The average Bonchev–Trinajstić information content (AvgIpc) is 2.53. The fourth-order valence-electron chi connectivity index (χ4n) is 1.34. The van der Waals surface area contributed by atoms with Crippen molar-refractivity contribution in [2.24, 2.45) is 5.10 Å². The molecule has 0 saturated carbocycles. The van der Waals surface area contributed by atoms with E-state index in [0.717, 1.165) is 5.56 Å². The van der Waals surface area contributed by atoms with Crippen molar-refractivity contribution in [3.05, 3.63) is 40.4 Å². The molecule has 0 radical (unpaired) electrons. The molecule has 1 amide bonds. The van der Waals surface area contributed by atoms with Crippen molar-refractivity contribution in [2.45, 2.75) is 6.92 Å². The van der Waals surface area contributed by atoms with Crippen LogP contribution in [0.2, 0.25) is 5.02 Å². The third-order valence-electron chi connectivity index (χ3n) is 2.16. The zero-order valence-corrected chi connectivity index (χ0v) is 8.88. The van der Waals surface area contributed by atoms with Crippen LogP contribution in [-0.4, -0.2) is 11.6 Å². The van der Waals surface area contributed by atoms with E-state index in [9.17, 15) is 4.79 Å². The molecule has 1 heterocycles. The lowest BCUT2D eigenvalue weighted by Gasteiger charge is -1.98. The van der Waals surface area contributed by atoms with Gasteiger partial charge < -0.3 is 0 Å². The Bertz CT molecular complexity index is 477. The normalized spacial score (nSPS) is 17.9. The Labute approximate surface area is 92.4 Å². The van der Waals surface area contributed by atoms with Gasteiger partial charge in [0.25, 0.3) is 5.91 Å². The summed E-state index contributed by atoms with van der Waals surface area (Å²) in [4.78, 5) is 11.4. The summed E-state index contributed by atoms with van der Waals surface area (Å²) in [6, 6.07) is 7.36. The van der Waals surface area contributed by atoms with Gasteiger partial charge in [-0.15, -0.1) is 0 Å². The fraction of sp³-hybridized carbons (Fsp3) is 0.0909. The largest absolute Gasteiger partial charge is 0.273 e. The van der Waals surface area contributed by atoms with Gasteiger partial charge in [-0.3, -0.25) is 4.79 Å². The van der Waals surface area contributed by atoms with E-state index in [4.69, 9.17) is 11.6 Å². The molecule has 0 aromatic heterocycles.